The first-order valence-electron chi connectivity index (χ1n) is 41.1. The van der Waals surface area contributed by atoms with E-state index in [9.17, 15) is 92.0 Å². The van der Waals surface area contributed by atoms with E-state index in [1.54, 1.807) is 54.0 Å². The number of aromatic nitrogens is 1. The number of hydrogen-bond donors (Lipinski definition) is 24. The number of nitrogens with zero attached hydrogens (tertiary/aromatic N) is 4. The molecule has 1 aromatic carbocycles. The zero-order chi connectivity index (χ0) is 92.5. The Hall–Kier alpha value is -11.6. The predicted octanol–water partition coefficient (Wildman–Crippen LogP) is -5.22. The van der Waals surface area contributed by atoms with Crippen LogP contribution in [0.15, 0.2) is 45.4 Å². The number of aliphatic carboxylic acids is 2. The molecule has 14 amide bonds. The van der Waals surface area contributed by atoms with Crippen molar-refractivity contribution in [2.24, 2.45) is 84.5 Å². The lowest BCUT2D eigenvalue weighted by Crippen LogP contribution is -2.61. The molecule has 2 heterocycles. The van der Waals surface area contributed by atoms with Crippen LogP contribution in [0.4, 0.5) is 0 Å². The molecule has 0 aliphatic carbocycles. The van der Waals surface area contributed by atoms with Gasteiger partial charge in [0.2, 0.25) is 82.7 Å². The van der Waals surface area contributed by atoms with Crippen LogP contribution >= 0.6 is 11.8 Å². The Balaban J connectivity index is 1.89. The lowest BCUT2D eigenvalue weighted by molar-refractivity contribution is -0.144. The molecular formula is C78H131N25O19S. The smallest absolute Gasteiger partial charge is 0.326 e. The summed E-state index contributed by atoms with van der Waals surface area (Å²) in [5, 5.41) is 61.7. The summed E-state index contributed by atoms with van der Waals surface area (Å²) in [6, 6.07) is -13.0. The molecule has 1 aliphatic heterocycles. The van der Waals surface area contributed by atoms with Gasteiger partial charge in [-0.05, 0) is 151 Å². The van der Waals surface area contributed by atoms with E-state index in [0.29, 0.717) is 12.2 Å². The molecule has 0 spiro atoms. The van der Waals surface area contributed by atoms with E-state index in [1.807, 2.05) is 24.3 Å². The van der Waals surface area contributed by atoms with Gasteiger partial charge in [-0.1, -0.05) is 73.6 Å². The standard InChI is InChI=1S/C78H131N25O19S/c1-39(2)33-54(70(116)99-55(34-40(3)4)74(120)103-31-16-22-58(103)72(118)96-53(27-32-123-10)68(114)100-56(75(121)122)35-41(5)6)98-71(117)57(38-104)101-67(113)52(24-26-60(106)107)97-73(119)61(42(7)8)102-69(115)50(21-15-30-89-78(85)86)92-62(108)43(9)91-64(110)51(23-25-59(80)105)95-66(112)49(20-14-29-88-77(83)84)94-65(111)48(19-13-28-87-76(81)82)93-63(109)46(79)36-44-37-90-47-18-12-11-17-45(44)47/h11-12,17-18,37,39-43,46,48-58,61,90,104H,13-16,19-36,38,79H2,1-10H3,(H2,80,105)(H,91,110)(H,92,108)(H,93,109)(H,94,111)(H,95,112)(H,96,118)(H,97,119)(H,98,117)(H,99,116)(H,100,114)(H,101,113)(H,102,115)(H,106,107)(H,121,122)(H4,81,82,87)(H4,83,84,88)(H4,85,86,89)/t43-,46-,48-,49-,50-,51-,52-,53-,54-,55-,56-,57-,58-,61-/m0/s1. The summed E-state index contributed by atoms with van der Waals surface area (Å²) < 4.78 is 0. The summed E-state index contributed by atoms with van der Waals surface area (Å²) in [6.45, 7) is 13.6. The van der Waals surface area contributed by atoms with Crippen LogP contribution in [0.1, 0.15) is 171 Å². The monoisotopic (exact) mass is 1750 g/mol. The Morgan fingerprint density at radius 2 is 0.886 bits per heavy atom. The zero-order valence-corrected chi connectivity index (χ0v) is 72.5. The van der Waals surface area contributed by atoms with E-state index < -0.39 is 217 Å². The number of hydrogen-bond acceptors (Lipinski definition) is 22. The van der Waals surface area contributed by atoms with E-state index in [0.717, 1.165) is 16.5 Å². The first-order valence-corrected chi connectivity index (χ1v) is 42.5. The van der Waals surface area contributed by atoms with Crippen molar-refractivity contribution < 1.29 is 92.0 Å². The molecule has 0 radical (unpaired) electrons. The Kier molecular flexibility index (Phi) is 46.3. The summed E-state index contributed by atoms with van der Waals surface area (Å²) in [5.74, 6) is -17.6. The van der Waals surface area contributed by atoms with Crippen molar-refractivity contribution >= 4 is 135 Å². The number of aliphatic hydroxyl groups is 1. The molecular weight excluding hydrogens is 1620 g/mol. The van der Waals surface area contributed by atoms with Crippen LogP contribution in [-0.2, 0) is 83.1 Å². The molecule has 688 valence electrons. The number of benzene rings is 1. The quantitative estimate of drug-likeness (QED) is 0.0167. The number of H-pyrrole nitrogens is 1. The van der Waals surface area contributed by atoms with Gasteiger partial charge in [0.25, 0.3) is 0 Å². The third-order valence-corrected chi connectivity index (χ3v) is 20.3. The second-order valence-corrected chi connectivity index (χ2v) is 32.9. The number of carboxylic acids is 2. The molecule has 1 aromatic heterocycles. The molecule has 0 bridgehead atoms. The number of aliphatic imine (C=N–C) groups is 3. The van der Waals surface area contributed by atoms with E-state index in [-0.39, 0.29) is 139 Å². The lowest BCUT2D eigenvalue weighted by Gasteiger charge is -2.32. The van der Waals surface area contributed by atoms with Crippen LogP contribution in [0.25, 0.3) is 10.9 Å². The van der Waals surface area contributed by atoms with Gasteiger partial charge in [-0.15, -0.1) is 0 Å². The average molecular weight is 1760 g/mol. The summed E-state index contributed by atoms with van der Waals surface area (Å²) >= 11 is 1.40. The molecule has 2 aromatic rings. The number of amides is 14. The highest BCUT2D eigenvalue weighted by atomic mass is 32.2. The summed E-state index contributed by atoms with van der Waals surface area (Å²) in [6.07, 6.45) is 1.64. The number of carbonyl (C=O) groups excluding carboxylic acids is 14. The maximum absolute atomic E-state index is 14.6. The van der Waals surface area contributed by atoms with Crippen LogP contribution < -0.4 is 110 Å². The average Bonchev–Trinajstić information content (AvgIpc) is 1.70. The number of thioether (sulfide) groups is 1. The number of primary amides is 1. The van der Waals surface area contributed by atoms with Crippen molar-refractivity contribution in [1.82, 2.24) is 73.7 Å². The minimum absolute atomic E-state index is 0.00612. The number of rotatable bonds is 57. The lowest BCUT2D eigenvalue weighted by atomic mass is 9.99. The number of guanidine groups is 3. The van der Waals surface area contributed by atoms with Gasteiger partial charge in [-0.3, -0.25) is 86.9 Å². The van der Waals surface area contributed by atoms with E-state index in [2.05, 4.69) is 83.8 Å². The fraction of sp³-hybridized carbons (Fsp3) is 0.654. The predicted molar refractivity (Wildman–Crippen MR) is 460 cm³/mol. The molecule has 1 aliphatic rings. The molecule has 14 atom stereocenters. The highest BCUT2D eigenvalue weighted by Crippen LogP contribution is 2.24. The second-order valence-electron chi connectivity index (χ2n) is 31.9. The number of nitrogens with one attached hydrogen (secondary N) is 13. The molecule has 44 nitrogen and oxygen atoms in total. The number of para-hydroxylation sites is 1. The fourth-order valence-corrected chi connectivity index (χ4v) is 13.7. The molecule has 123 heavy (non-hydrogen) atoms. The summed E-state index contributed by atoms with van der Waals surface area (Å²) in [4.78, 5) is 238. The fourth-order valence-electron chi connectivity index (χ4n) is 13.2. The van der Waals surface area contributed by atoms with Gasteiger partial charge in [0.05, 0.1) is 12.6 Å². The molecule has 45 heteroatoms. The van der Waals surface area contributed by atoms with Gasteiger partial charge in [0.15, 0.2) is 17.9 Å². The zero-order valence-electron chi connectivity index (χ0n) is 71.7. The van der Waals surface area contributed by atoms with E-state index in [1.165, 1.54) is 37.4 Å². The highest BCUT2D eigenvalue weighted by molar-refractivity contribution is 7.98. The molecule has 1 fully saturated rings. The van der Waals surface area contributed by atoms with Crippen LogP contribution in [0.2, 0.25) is 0 Å². The largest absolute Gasteiger partial charge is 0.481 e. The topological polar surface area (TPSA) is 742 Å². The van der Waals surface area contributed by atoms with Gasteiger partial charge < -0.3 is 135 Å². The molecule has 0 saturated carbocycles. The van der Waals surface area contributed by atoms with Crippen LogP contribution in [-0.4, -0.2) is 267 Å². The SMILES string of the molecule is CSCC[C@H](NC(=O)[C@@H]1CCCN1C(=O)[C@H](CC(C)C)NC(=O)[C@H](CC(C)C)NC(=O)[C@H](CO)NC(=O)[C@H](CCC(=O)O)NC(=O)[C@@H](NC(=O)[C@H](CCCN=C(N)N)NC(=O)[C@H](C)NC(=O)[C@H](CCC(N)=O)NC(=O)[C@H](CCCN=C(N)N)NC(=O)[C@H](CCCN=C(N)N)NC(=O)[C@@H](N)Cc1c[nH]c2ccccc12)C(C)C)C(=O)N[C@@H](CC(C)C)C(=O)O. The Labute approximate surface area is 719 Å². The number of likely N-dealkylation sites (tertiary alicyclic amines) is 1. The number of nitrogens with two attached hydrogens (primary N) is 8. The number of carboxylic acid groups (broad SMARTS) is 2. The summed E-state index contributed by atoms with van der Waals surface area (Å²) in [7, 11) is 0. The van der Waals surface area contributed by atoms with Crippen molar-refractivity contribution in [3.05, 3.63) is 36.0 Å². The molecule has 1 saturated heterocycles. The van der Waals surface area contributed by atoms with Crippen LogP contribution in [0.5, 0.6) is 0 Å². The first kappa shape index (κ1) is 106. The van der Waals surface area contributed by atoms with Crippen molar-refractivity contribution in [3.63, 3.8) is 0 Å². The second kappa shape index (κ2) is 54.0. The van der Waals surface area contributed by atoms with Crippen LogP contribution in [0, 0.1) is 23.7 Å². The molecule has 32 N–H and O–H groups in total. The van der Waals surface area contributed by atoms with Gasteiger partial charge in [0.1, 0.15) is 78.5 Å². The highest BCUT2D eigenvalue weighted by Gasteiger charge is 2.42. The van der Waals surface area contributed by atoms with Crippen molar-refractivity contribution in [2.75, 3.05) is 44.8 Å². The minimum Gasteiger partial charge on any atom is -0.481 e. The first-order chi connectivity index (χ1) is 57.9. The number of fused-ring (bicyclic) bond motifs is 1. The maximum atomic E-state index is 14.6. The number of carbonyl (C=O) groups is 16. The normalized spacial score (nSPS) is 15.7. The van der Waals surface area contributed by atoms with Gasteiger partial charge in [-0.25, -0.2) is 4.79 Å². The van der Waals surface area contributed by atoms with Crippen molar-refractivity contribution in [1.29, 1.82) is 0 Å². The van der Waals surface area contributed by atoms with Crippen molar-refractivity contribution in [3.8, 4) is 0 Å². The molecule has 3 rings (SSSR count). The summed E-state index contributed by atoms with van der Waals surface area (Å²) in [5.41, 5.74) is 46.8. The Bertz CT molecular complexity index is 4000. The van der Waals surface area contributed by atoms with Crippen molar-refractivity contribution in [2.45, 2.75) is 256 Å². The Morgan fingerprint density at radius 3 is 1.37 bits per heavy atom. The number of aromatic amines is 1. The van der Waals surface area contributed by atoms with Gasteiger partial charge in [0, 0.05) is 56.1 Å². The van der Waals surface area contributed by atoms with E-state index in [4.69, 9.17) is 45.9 Å². The number of aliphatic hydroxyl groups excluding tert-OH is 1. The molecule has 0 unspecified atom stereocenters. The van der Waals surface area contributed by atoms with E-state index >= 15 is 0 Å². The van der Waals surface area contributed by atoms with Gasteiger partial charge in [-0.2, -0.15) is 11.8 Å². The third-order valence-electron chi connectivity index (χ3n) is 19.7. The third kappa shape index (κ3) is 38.5. The van der Waals surface area contributed by atoms with Crippen LogP contribution in [0.3, 0.4) is 0 Å². The maximum Gasteiger partial charge on any atom is 0.326 e. The minimum atomic E-state index is -1.88. The Morgan fingerprint density at radius 1 is 0.480 bits per heavy atom. The van der Waals surface area contributed by atoms with Gasteiger partial charge >= 0.3 is 11.9 Å².